The summed E-state index contributed by atoms with van der Waals surface area (Å²) in [5, 5.41) is 2.50. The molecule has 2 rings (SSSR count). The highest BCUT2D eigenvalue weighted by atomic mass is 31.2. The van der Waals surface area contributed by atoms with Crippen LogP contribution in [0.2, 0.25) is 0 Å². The molecule has 194 valence electrons. The minimum atomic E-state index is -4.18. The van der Waals surface area contributed by atoms with Crippen molar-refractivity contribution in [2.45, 2.75) is 52.7 Å². The van der Waals surface area contributed by atoms with E-state index in [4.69, 9.17) is 23.0 Å². The minimum Gasteiger partial charge on any atom is -0.469 e. The molecule has 2 saturated heterocycles. The van der Waals surface area contributed by atoms with E-state index < -0.39 is 61.6 Å². The lowest BCUT2D eigenvalue weighted by atomic mass is 9.82. The number of ether oxygens (including phenoxy) is 3. The Kier molecular flexibility index (Phi) is 9.09. The zero-order valence-corrected chi connectivity index (χ0v) is 21.2. The van der Waals surface area contributed by atoms with E-state index in [2.05, 4.69) is 10.1 Å². The lowest BCUT2D eigenvalue weighted by Crippen LogP contribution is -2.61. The van der Waals surface area contributed by atoms with Crippen LogP contribution in [0, 0.1) is 11.3 Å². The molecule has 2 unspecified atom stereocenters. The number of carbonyl (C=O) groups is 4. The van der Waals surface area contributed by atoms with Crippen LogP contribution in [-0.2, 0) is 46.7 Å². The average Bonchev–Trinajstić information content (AvgIpc) is 2.71. The molecule has 0 aliphatic carbocycles. The van der Waals surface area contributed by atoms with Crippen molar-refractivity contribution in [1.82, 2.24) is 10.2 Å². The zero-order chi connectivity index (χ0) is 25.7. The first-order chi connectivity index (χ1) is 15.7. The lowest BCUT2D eigenvalue weighted by molar-refractivity contribution is -0.173. The molecule has 2 aliphatic rings. The number of phosphoric acid groups is 1. The third-order valence-corrected chi connectivity index (χ3v) is 6.37. The van der Waals surface area contributed by atoms with Crippen LogP contribution in [0.1, 0.15) is 41.0 Å². The van der Waals surface area contributed by atoms with Crippen LogP contribution < -0.4 is 5.32 Å². The zero-order valence-electron chi connectivity index (χ0n) is 20.3. The molecule has 2 amide bonds. The number of amides is 2. The van der Waals surface area contributed by atoms with Gasteiger partial charge in [-0.05, 0) is 27.7 Å². The van der Waals surface area contributed by atoms with E-state index in [1.54, 1.807) is 34.6 Å². The Morgan fingerprint density at radius 3 is 2.44 bits per heavy atom. The Morgan fingerprint density at radius 2 is 1.85 bits per heavy atom. The van der Waals surface area contributed by atoms with Crippen molar-refractivity contribution in [2.75, 3.05) is 40.1 Å². The van der Waals surface area contributed by atoms with Gasteiger partial charge in [0.25, 0.3) is 0 Å². The van der Waals surface area contributed by atoms with E-state index in [1.807, 2.05) is 0 Å². The quantitative estimate of drug-likeness (QED) is 0.220. The molecule has 13 nitrogen and oxygen atoms in total. The number of nitrogens with one attached hydrogen (secondary N) is 1. The van der Waals surface area contributed by atoms with Gasteiger partial charge in [0.15, 0.2) is 6.10 Å². The predicted octanol–water partition coefficient (Wildman–Crippen LogP) is 1.60. The van der Waals surface area contributed by atoms with Gasteiger partial charge in [-0.15, -0.1) is 0 Å². The molecule has 1 N–H and O–H groups in total. The maximum Gasteiger partial charge on any atom is 0.478 e. The number of hydrogen-bond acceptors (Lipinski definition) is 11. The van der Waals surface area contributed by atoms with Gasteiger partial charge in [-0.1, -0.05) is 6.92 Å². The summed E-state index contributed by atoms with van der Waals surface area (Å²) in [5.41, 5.74) is -1.63. The maximum absolute atomic E-state index is 12.7. The van der Waals surface area contributed by atoms with E-state index in [0.717, 1.165) is 0 Å². The average molecular weight is 508 g/mol. The topological polar surface area (TPSA) is 156 Å². The Hall–Kier alpha value is -2.21. The molecule has 34 heavy (non-hydrogen) atoms. The molecule has 0 aromatic carbocycles. The second-order valence-electron chi connectivity index (χ2n) is 9.44. The molecule has 0 aromatic heterocycles. The summed E-state index contributed by atoms with van der Waals surface area (Å²) in [6.07, 6.45) is -1.72. The molecular formula is C20H33N2O11P. The number of likely N-dealkylation sites (tertiary alicyclic amines) is 1. The largest absolute Gasteiger partial charge is 0.478 e. The Balaban J connectivity index is 1.79. The standard InChI is InChI=1S/C20H33N2O11P/c1-13-9-30-34(27,33-15(13)16(24)21-8-7-14(23)28-6)31-12-29-17(25)20(5)10-22(11-20)18(26)32-19(2,3)4/h13,15H,7-12H2,1-6H3,(H,21,24)/t13?,15-,34?/m1/s1. The summed E-state index contributed by atoms with van der Waals surface area (Å²) in [7, 11) is -2.95. The SMILES string of the molecule is COC(=O)CCNC(=O)[C@@H]1OP(=O)(OCOC(=O)C2(C)CN(C(=O)OC(C)(C)C)C2)OCC1C. The summed E-state index contributed by atoms with van der Waals surface area (Å²) < 4.78 is 42.9. The van der Waals surface area contributed by atoms with Crippen LogP contribution in [-0.4, -0.2) is 80.7 Å². The summed E-state index contributed by atoms with van der Waals surface area (Å²) >= 11 is 0. The number of carbonyl (C=O) groups excluding carboxylic acids is 4. The van der Waals surface area contributed by atoms with Gasteiger partial charge in [-0.2, -0.15) is 0 Å². The van der Waals surface area contributed by atoms with E-state index in [9.17, 15) is 23.7 Å². The fourth-order valence-corrected chi connectivity index (χ4v) is 4.51. The number of rotatable bonds is 8. The van der Waals surface area contributed by atoms with Crippen molar-refractivity contribution in [1.29, 1.82) is 0 Å². The third-order valence-electron chi connectivity index (χ3n) is 4.99. The van der Waals surface area contributed by atoms with Crippen molar-refractivity contribution in [2.24, 2.45) is 11.3 Å². The van der Waals surface area contributed by atoms with Crippen molar-refractivity contribution in [3.63, 3.8) is 0 Å². The fourth-order valence-electron chi connectivity index (χ4n) is 3.13. The third kappa shape index (κ3) is 7.66. The van der Waals surface area contributed by atoms with Crippen LogP contribution in [0.15, 0.2) is 0 Å². The first-order valence-corrected chi connectivity index (χ1v) is 12.2. The molecule has 0 radical (unpaired) electrons. The van der Waals surface area contributed by atoms with Crippen molar-refractivity contribution in [3.8, 4) is 0 Å². The minimum absolute atomic E-state index is 0.0145. The van der Waals surface area contributed by atoms with Crippen LogP contribution in [0.5, 0.6) is 0 Å². The summed E-state index contributed by atoms with van der Waals surface area (Å²) in [4.78, 5) is 49.3. The molecular weight excluding hydrogens is 475 g/mol. The Labute approximate surface area is 198 Å². The van der Waals surface area contributed by atoms with E-state index in [1.165, 1.54) is 12.0 Å². The van der Waals surface area contributed by atoms with Crippen LogP contribution in [0.25, 0.3) is 0 Å². The highest BCUT2D eigenvalue weighted by molar-refractivity contribution is 7.48. The Bertz CT molecular complexity index is 835. The first kappa shape index (κ1) is 28.0. The molecule has 0 spiro atoms. The summed E-state index contributed by atoms with van der Waals surface area (Å²) in [6.45, 7) is 7.86. The van der Waals surface area contributed by atoms with Crippen molar-refractivity contribution < 1.29 is 51.5 Å². The first-order valence-electron chi connectivity index (χ1n) is 10.8. The molecule has 2 fully saturated rings. The highest BCUT2D eigenvalue weighted by Crippen LogP contribution is 2.54. The molecule has 0 aromatic rings. The molecule has 0 saturated carbocycles. The van der Waals surface area contributed by atoms with Crippen LogP contribution in [0.4, 0.5) is 4.79 Å². The van der Waals surface area contributed by atoms with Crippen LogP contribution >= 0.6 is 7.82 Å². The summed E-state index contributed by atoms with van der Waals surface area (Å²) in [6, 6.07) is 0. The van der Waals surface area contributed by atoms with Gasteiger partial charge < -0.3 is 24.4 Å². The monoisotopic (exact) mass is 508 g/mol. The molecule has 14 heteroatoms. The van der Waals surface area contributed by atoms with E-state index >= 15 is 0 Å². The van der Waals surface area contributed by atoms with Gasteiger partial charge in [-0.25, -0.2) is 13.9 Å². The molecule has 0 bridgehead atoms. The second kappa shape index (κ2) is 11.0. The van der Waals surface area contributed by atoms with Crippen molar-refractivity contribution in [3.05, 3.63) is 0 Å². The van der Waals surface area contributed by atoms with Gasteiger partial charge in [0, 0.05) is 25.6 Å². The Morgan fingerprint density at radius 1 is 1.21 bits per heavy atom. The van der Waals surface area contributed by atoms with Crippen LogP contribution in [0.3, 0.4) is 0 Å². The van der Waals surface area contributed by atoms with Gasteiger partial charge in [0.2, 0.25) is 12.7 Å². The highest BCUT2D eigenvalue weighted by Gasteiger charge is 2.50. The van der Waals surface area contributed by atoms with Gasteiger partial charge >= 0.3 is 25.9 Å². The van der Waals surface area contributed by atoms with Gasteiger partial charge in [0.05, 0.1) is 20.1 Å². The lowest BCUT2D eigenvalue weighted by Gasteiger charge is -2.45. The fraction of sp³-hybridized carbons (Fsp3) is 0.800. The smallest absolute Gasteiger partial charge is 0.469 e. The van der Waals surface area contributed by atoms with E-state index in [0.29, 0.717) is 0 Å². The van der Waals surface area contributed by atoms with Gasteiger partial charge in [0.1, 0.15) is 11.0 Å². The number of nitrogens with zero attached hydrogens (tertiary/aromatic N) is 1. The van der Waals surface area contributed by atoms with E-state index in [-0.39, 0.29) is 32.7 Å². The predicted molar refractivity (Wildman–Crippen MR) is 115 cm³/mol. The number of phosphoric ester groups is 1. The van der Waals surface area contributed by atoms with Gasteiger partial charge in [-0.3, -0.25) is 23.4 Å². The normalized spacial score (nSPS) is 26.1. The van der Waals surface area contributed by atoms with Crippen molar-refractivity contribution >= 4 is 31.8 Å². The number of methoxy groups -OCH3 is 1. The molecule has 2 aliphatic heterocycles. The second-order valence-corrected chi connectivity index (χ2v) is 11.1. The number of esters is 2. The molecule has 2 heterocycles. The summed E-state index contributed by atoms with van der Waals surface area (Å²) in [5.74, 6) is -2.20. The number of hydrogen-bond donors (Lipinski definition) is 1. The maximum atomic E-state index is 12.7. The molecule has 3 atom stereocenters.